The highest BCUT2D eigenvalue weighted by molar-refractivity contribution is 7.45. The molecule has 2 radical (unpaired) electrons. The summed E-state index contributed by atoms with van der Waals surface area (Å²) in [5.41, 5.74) is 0. The lowest BCUT2D eigenvalue weighted by Crippen LogP contribution is -2.34. The molecule has 0 aromatic rings. The highest BCUT2D eigenvalue weighted by atomic mass is 31.2. The summed E-state index contributed by atoms with van der Waals surface area (Å²) in [6, 6.07) is -1.05. The fourth-order valence-corrected chi connectivity index (χ4v) is 1.57. The van der Waals surface area contributed by atoms with Gasteiger partial charge in [0.15, 0.2) is 0 Å². The van der Waals surface area contributed by atoms with Crippen LogP contribution in [0.5, 0.6) is 0 Å². The van der Waals surface area contributed by atoms with Crippen LogP contribution in [0.25, 0.3) is 0 Å². The van der Waals surface area contributed by atoms with Gasteiger partial charge in [-0.1, -0.05) is 0 Å². The smallest absolute Gasteiger partial charge is 0.267 e. The van der Waals surface area contributed by atoms with E-state index in [0.717, 1.165) is 7.11 Å². The van der Waals surface area contributed by atoms with Crippen molar-refractivity contribution in [1.82, 2.24) is 0 Å². The SMILES string of the molecule is [B]C1OC(COP(=O)([O-])OC)C(O)C1O. The minimum absolute atomic E-state index is 0.458. The molecule has 0 spiro atoms. The van der Waals surface area contributed by atoms with Crippen LogP contribution >= 0.6 is 7.82 Å². The van der Waals surface area contributed by atoms with Gasteiger partial charge in [-0.25, -0.2) is 0 Å². The van der Waals surface area contributed by atoms with Gasteiger partial charge in [0.25, 0.3) is 7.82 Å². The molecular formula is C6H11BO7P-. The van der Waals surface area contributed by atoms with E-state index in [2.05, 4.69) is 9.05 Å². The summed E-state index contributed by atoms with van der Waals surface area (Å²) in [5.74, 6) is 0. The quantitative estimate of drug-likeness (QED) is 0.419. The molecule has 1 rings (SSSR count). The zero-order chi connectivity index (χ0) is 11.6. The Morgan fingerprint density at radius 1 is 1.53 bits per heavy atom. The number of hydrogen-bond donors (Lipinski definition) is 2. The molecule has 2 N–H and O–H groups in total. The first-order chi connectivity index (χ1) is 6.87. The van der Waals surface area contributed by atoms with E-state index in [1.165, 1.54) is 0 Å². The van der Waals surface area contributed by atoms with E-state index in [1.54, 1.807) is 0 Å². The van der Waals surface area contributed by atoms with Gasteiger partial charge in [-0.15, -0.1) is 0 Å². The van der Waals surface area contributed by atoms with E-state index in [0.29, 0.717) is 0 Å². The van der Waals surface area contributed by atoms with Gasteiger partial charge in [0.1, 0.15) is 20.1 Å². The molecule has 9 heteroatoms. The molecule has 0 aliphatic carbocycles. The molecule has 5 unspecified atom stereocenters. The van der Waals surface area contributed by atoms with Crippen LogP contribution < -0.4 is 4.89 Å². The summed E-state index contributed by atoms with van der Waals surface area (Å²) < 4.78 is 24.0. The molecule has 1 heterocycles. The Hall–Kier alpha value is 0.0549. The lowest BCUT2D eigenvalue weighted by atomic mass is 9.93. The van der Waals surface area contributed by atoms with Gasteiger partial charge >= 0.3 is 0 Å². The molecule has 0 aromatic heterocycles. The molecule has 15 heavy (non-hydrogen) atoms. The van der Waals surface area contributed by atoms with Crippen LogP contribution in [-0.2, 0) is 18.3 Å². The summed E-state index contributed by atoms with van der Waals surface area (Å²) in [7, 11) is 1.85. The van der Waals surface area contributed by atoms with Crippen molar-refractivity contribution >= 4 is 15.7 Å². The van der Waals surface area contributed by atoms with Crippen molar-refractivity contribution in [2.24, 2.45) is 0 Å². The number of ether oxygens (including phenoxy) is 1. The third kappa shape index (κ3) is 3.25. The predicted molar refractivity (Wildman–Crippen MR) is 47.0 cm³/mol. The maximum Gasteiger partial charge on any atom is 0.267 e. The number of phosphoric ester groups is 1. The standard InChI is InChI=1S/C6H12BO7P/c1-12-15(10,11)13-2-3-4(8)5(9)6(7)14-3/h3-6,8-9H,2H2,1H3,(H,10,11)/p-1. The van der Waals surface area contributed by atoms with Crippen molar-refractivity contribution in [3.05, 3.63) is 0 Å². The fourth-order valence-electron chi connectivity index (χ4n) is 1.13. The molecule has 1 fully saturated rings. The maximum atomic E-state index is 10.8. The van der Waals surface area contributed by atoms with E-state index < -0.39 is 38.7 Å². The molecule has 7 nitrogen and oxygen atoms in total. The largest absolute Gasteiger partial charge is 0.756 e. The van der Waals surface area contributed by atoms with Gasteiger partial charge in [-0.3, -0.25) is 4.57 Å². The minimum atomic E-state index is -4.36. The molecule has 0 saturated carbocycles. The molecule has 0 aromatic carbocycles. The van der Waals surface area contributed by atoms with Crippen LogP contribution in [0.15, 0.2) is 0 Å². The second-order valence-electron chi connectivity index (χ2n) is 3.05. The fraction of sp³-hybridized carbons (Fsp3) is 1.00. The molecule has 1 aliphatic heterocycles. The summed E-state index contributed by atoms with van der Waals surface area (Å²) in [4.78, 5) is 10.8. The third-order valence-electron chi connectivity index (χ3n) is 2.02. The summed E-state index contributed by atoms with van der Waals surface area (Å²) in [6.07, 6.45) is -3.53. The van der Waals surface area contributed by atoms with Crippen LogP contribution in [-0.4, -0.2) is 56.1 Å². The van der Waals surface area contributed by atoms with Crippen molar-refractivity contribution in [3.63, 3.8) is 0 Å². The van der Waals surface area contributed by atoms with Crippen molar-refractivity contribution in [2.45, 2.75) is 24.3 Å². The van der Waals surface area contributed by atoms with Gasteiger partial charge in [0, 0.05) is 13.1 Å². The molecule has 0 amide bonds. The number of hydrogen-bond acceptors (Lipinski definition) is 7. The number of rotatable bonds is 4. The summed E-state index contributed by atoms with van der Waals surface area (Å²) >= 11 is 0. The van der Waals surface area contributed by atoms with E-state index >= 15 is 0 Å². The normalized spacial score (nSPS) is 40.3. The number of phosphoric acid groups is 1. The van der Waals surface area contributed by atoms with Gasteiger partial charge < -0.3 is 28.9 Å². The zero-order valence-electron chi connectivity index (χ0n) is 7.98. The second kappa shape index (κ2) is 4.92. The second-order valence-corrected chi connectivity index (χ2v) is 4.56. The van der Waals surface area contributed by atoms with Crippen molar-refractivity contribution in [2.75, 3.05) is 13.7 Å². The first kappa shape index (κ1) is 13.1. The maximum absolute atomic E-state index is 10.8. The molecule has 1 aliphatic rings. The van der Waals surface area contributed by atoms with Crippen LogP contribution in [0, 0.1) is 0 Å². The summed E-state index contributed by atoms with van der Waals surface area (Å²) in [6.45, 7) is -0.458. The first-order valence-corrected chi connectivity index (χ1v) is 5.62. The Kier molecular flexibility index (Phi) is 4.31. The number of aliphatic hydroxyl groups excluding tert-OH is 2. The molecule has 5 atom stereocenters. The average Bonchev–Trinajstić information content (AvgIpc) is 2.43. The lowest BCUT2D eigenvalue weighted by Gasteiger charge is -2.23. The Bertz CT molecular complexity index is 262. The predicted octanol–water partition coefficient (Wildman–Crippen LogP) is -2.27. The summed E-state index contributed by atoms with van der Waals surface area (Å²) in [5, 5.41) is 18.5. The van der Waals surface area contributed by atoms with Crippen molar-refractivity contribution in [3.8, 4) is 0 Å². The van der Waals surface area contributed by atoms with Gasteiger partial charge in [-0.05, 0) is 0 Å². The zero-order valence-corrected chi connectivity index (χ0v) is 8.87. The third-order valence-corrected chi connectivity index (χ3v) is 2.93. The molecule has 1 saturated heterocycles. The Morgan fingerprint density at radius 3 is 2.53 bits per heavy atom. The minimum Gasteiger partial charge on any atom is -0.756 e. The Labute approximate surface area is 88.0 Å². The molecule has 0 bridgehead atoms. The molecular weight excluding hydrogens is 226 g/mol. The van der Waals surface area contributed by atoms with Crippen molar-refractivity contribution in [1.29, 1.82) is 0 Å². The van der Waals surface area contributed by atoms with E-state index in [9.17, 15) is 19.7 Å². The van der Waals surface area contributed by atoms with Gasteiger partial charge in [0.2, 0.25) is 0 Å². The van der Waals surface area contributed by atoms with E-state index in [1.807, 2.05) is 0 Å². The van der Waals surface area contributed by atoms with E-state index in [4.69, 9.17) is 12.6 Å². The van der Waals surface area contributed by atoms with E-state index in [-0.39, 0.29) is 0 Å². The van der Waals surface area contributed by atoms with Gasteiger partial charge in [-0.2, -0.15) is 0 Å². The highest BCUT2D eigenvalue weighted by Crippen LogP contribution is 2.37. The van der Waals surface area contributed by atoms with Crippen LogP contribution in [0.4, 0.5) is 0 Å². The topological polar surface area (TPSA) is 108 Å². The van der Waals surface area contributed by atoms with Crippen LogP contribution in [0.3, 0.4) is 0 Å². The van der Waals surface area contributed by atoms with Crippen LogP contribution in [0.2, 0.25) is 0 Å². The van der Waals surface area contributed by atoms with Gasteiger partial charge in [0.05, 0.1) is 12.7 Å². The Morgan fingerprint density at radius 2 is 2.13 bits per heavy atom. The monoisotopic (exact) mass is 237 g/mol. The first-order valence-electron chi connectivity index (χ1n) is 4.16. The van der Waals surface area contributed by atoms with Crippen molar-refractivity contribution < 1.29 is 33.5 Å². The highest BCUT2D eigenvalue weighted by Gasteiger charge is 2.40. The number of aliphatic hydroxyl groups is 2. The Balaban J connectivity index is 2.44. The van der Waals surface area contributed by atoms with Crippen LogP contribution in [0.1, 0.15) is 0 Å². The average molecular weight is 237 g/mol. The lowest BCUT2D eigenvalue weighted by molar-refractivity contribution is -0.225. The molecule has 86 valence electrons.